The number of nitrogens with one attached hydrogen (secondary N) is 1. The molecule has 3 nitrogen and oxygen atoms in total. The molecule has 0 aliphatic carbocycles. The van der Waals surface area contributed by atoms with Gasteiger partial charge in [-0.1, -0.05) is 45.1 Å². The van der Waals surface area contributed by atoms with Crippen LogP contribution in [-0.2, 0) is 6.54 Å². The lowest BCUT2D eigenvalue weighted by atomic mass is 10.1. The molecule has 1 N–H and O–H groups in total. The van der Waals surface area contributed by atoms with Gasteiger partial charge in [-0.2, -0.15) is 0 Å². The van der Waals surface area contributed by atoms with Crippen LogP contribution in [0.3, 0.4) is 0 Å². The molecule has 126 valence electrons. The summed E-state index contributed by atoms with van der Waals surface area (Å²) >= 11 is 0. The third-order valence-corrected chi connectivity index (χ3v) is 3.67. The fraction of sp³-hybridized carbons (Fsp3) is 0.684. The van der Waals surface area contributed by atoms with Crippen LogP contribution in [0.15, 0.2) is 18.2 Å². The molecule has 0 aromatic heterocycles. The van der Waals surface area contributed by atoms with Crippen molar-refractivity contribution in [3.8, 4) is 11.5 Å². The third-order valence-electron chi connectivity index (χ3n) is 3.67. The predicted octanol–water partition coefficient (Wildman–Crippen LogP) is 4.93. The summed E-state index contributed by atoms with van der Waals surface area (Å²) in [5.74, 6) is 1.81. The molecule has 0 bridgehead atoms. The zero-order valence-electron chi connectivity index (χ0n) is 14.6. The maximum atomic E-state index is 5.73. The second kappa shape index (κ2) is 12.3. The molecule has 0 aliphatic heterocycles. The molecule has 1 aromatic rings. The first-order valence-corrected chi connectivity index (χ1v) is 8.91. The zero-order chi connectivity index (χ0) is 16.0. The van der Waals surface area contributed by atoms with Gasteiger partial charge in [-0.25, -0.2) is 0 Å². The standard InChI is InChI=1S/C19H33NO2/c1-4-7-8-9-10-11-14-20-16-17-12-13-18(21-5-2)15-19(17)22-6-3/h12-13,15,20H,4-11,14,16H2,1-3H3. The van der Waals surface area contributed by atoms with E-state index in [9.17, 15) is 0 Å². The van der Waals surface area contributed by atoms with Gasteiger partial charge in [0.15, 0.2) is 0 Å². The van der Waals surface area contributed by atoms with E-state index in [0.29, 0.717) is 13.2 Å². The van der Waals surface area contributed by atoms with Gasteiger partial charge in [-0.05, 0) is 32.9 Å². The molecule has 0 fully saturated rings. The first kappa shape index (κ1) is 18.8. The number of unbranched alkanes of at least 4 members (excludes halogenated alkanes) is 5. The summed E-state index contributed by atoms with van der Waals surface area (Å²) in [5, 5.41) is 3.52. The fourth-order valence-corrected chi connectivity index (χ4v) is 2.48. The second-order valence-corrected chi connectivity index (χ2v) is 5.58. The number of benzene rings is 1. The molecule has 0 saturated carbocycles. The quantitative estimate of drug-likeness (QED) is 0.524. The predicted molar refractivity (Wildman–Crippen MR) is 93.9 cm³/mol. The number of hydrogen-bond donors (Lipinski definition) is 1. The maximum Gasteiger partial charge on any atom is 0.127 e. The van der Waals surface area contributed by atoms with Crippen LogP contribution in [0, 0.1) is 0 Å². The van der Waals surface area contributed by atoms with Gasteiger partial charge in [0.1, 0.15) is 11.5 Å². The Hall–Kier alpha value is -1.22. The van der Waals surface area contributed by atoms with Crippen LogP contribution in [0.4, 0.5) is 0 Å². The highest BCUT2D eigenvalue weighted by Crippen LogP contribution is 2.25. The molecule has 0 heterocycles. The van der Waals surface area contributed by atoms with E-state index in [4.69, 9.17) is 9.47 Å². The molecule has 0 spiro atoms. The summed E-state index contributed by atoms with van der Waals surface area (Å²) in [6.45, 7) is 9.56. The van der Waals surface area contributed by atoms with Crippen molar-refractivity contribution in [2.45, 2.75) is 65.8 Å². The Balaban J connectivity index is 2.31. The van der Waals surface area contributed by atoms with Crippen molar-refractivity contribution in [2.75, 3.05) is 19.8 Å². The SMILES string of the molecule is CCCCCCCCNCc1ccc(OCC)cc1OCC. The molecule has 3 heteroatoms. The lowest BCUT2D eigenvalue weighted by molar-refractivity contribution is 0.320. The Morgan fingerprint density at radius 1 is 0.864 bits per heavy atom. The van der Waals surface area contributed by atoms with Gasteiger partial charge in [0.2, 0.25) is 0 Å². The second-order valence-electron chi connectivity index (χ2n) is 5.58. The first-order valence-electron chi connectivity index (χ1n) is 8.91. The molecular formula is C19H33NO2. The Bertz CT molecular complexity index is 393. The molecule has 1 rings (SSSR count). The van der Waals surface area contributed by atoms with Gasteiger partial charge in [-0.15, -0.1) is 0 Å². The molecule has 1 aromatic carbocycles. The molecule has 0 aliphatic rings. The van der Waals surface area contributed by atoms with E-state index in [2.05, 4.69) is 18.3 Å². The van der Waals surface area contributed by atoms with Gasteiger partial charge in [0.25, 0.3) is 0 Å². The molecular weight excluding hydrogens is 274 g/mol. The molecule has 0 amide bonds. The van der Waals surface area contributed by atoms with E-state index in [-0.39, 0.29) is 0 Å². The summed E-state index contributed by atoms with van der Waals surface area (Å²) in [6, 6.07) is 6.12. The van der Waals surface area contributed by atoms with E-state index in [1.54, 1.807) is 0 Å². The van der Waals surface area contributed by atoms with Crippen LogP contribution in [0.2, 0.25) is 0 Å². The van der Waals surface area contributed by atoms with Crippen molar-refractivity contribution in [3.63, 3.8) is 0 Å². The van der Waals surface area contributed by atoms with Gasteiger partial charge in [0.05, 0.1) is 13.2 Å². The van der Waals surface area contributed by atoms with Crippen LogP contribution in [0.25, 0.3) is 0 Å². The summed E-state index contributed by atoms with van der Waals surface area (Å²) in [6.07, 6.45) is 8.01. The number of ether oxygens (including phenoxy) is 2. The average molecular weight is 307 g/mol. The molecule has 0 atom stereocenters. The smallest absolute Gasteiger partial charge is 0.127 e. The summed E-state index contributed by atoms with van der Waals surface area (Å²) in [4.78, 5) is 0. The molecule has 0 radical (unpaired) electrons. The highest BCUT2D eigenvalue weighted by molar-refractivity contribution is 5.40. The minimum absolute atomic E-state index is 0.681. The first-order chi connectivity index (χ1) is 10.8. The topological polar surface area (TPSA) is 30.5 Å². The van der Waals surface area contributed by atoms with Crippen molar-refractivity contribution in [1.29, 1.82) is 0 Å². The van der Waals surface area contributed by atoms with Crippen molar-refractivity contribution in [1.82, 2.24) is 5.32 Å². The highest BCUT2D eigenvalue weighted by atomic mass is 16.5. The zero-order valence-corrected chi connectivity index (χ0v) is 14.6. The minimum Gasteiger partial charge on any atom is -0.494 e. The highest BCUT2D eigenvalue weighted by Gasteiger charge is 2.05. The minimum atomic E-state index is 0.681. The van der Waals surface area contributed by atoms with E-state index >= 15 is 0 Å². The lowest BCUT2D eigenvalue weighted by Gasteiger charge is -2.13. The van der Waals surface area contributed by atoms with Crippen LogP contribution in [0.1, 0.15) is 64.9 Å². The monoisotopic (exact) mass is 307 g/mol. The molecule has 22 heavy (non-hydrogen) atoms. The molecule has 0 saturated heterocycles. The van der Waals surface area contributed by atoms with Gasteiger partial charge >= 0.3 is 0 Å². The Kier molecular flexibility index (Phi) is 10.6. The van der Waals surface area contributed by atoms with Crippen LogP contribution >= 0.6 is 0 Å². The summed E-state index contributed by atoms with van der Waals surface area (Å²) in [7, 11) is 0. The Morgan fingerprint density at radius 2 is 1.59 bits per heavy atom. The maximum absolute atomic E-state index is 5.73. The van der Waals surface area contributed by atoms with E-state index in [1.165, 1.54) is 44.1 Å². The van der Waals surface area contributed by atoms with Crippen LogP contribution in [-0.4, -0.2) is 19.8 Å². The van der Waals surface area contributed by atoms with E-state index in [1.807, 2.05) is 26.0 Å². The van der Waals surface area contributed by atoms with Crippen molar-refractivity contribution in [3.05, 3.63) is 23.8 Å². The lowest BCUT2D eigenvalue weighted by Crippen LogP contribution is -2.15. The number of hydrogen-bond acceptors (Lipinski definition) is 3. The average Bonchev–Trinajstić information content (AvgIpc) is 2.52. The normalized spacial score (nSPS) is 10.7. The van der Waals surface area contributed by atoms with Crippen LogP contribution < -0.4 is 14.8 Å². The van der Waals surface area contributed by atoms with E-state index < -0.39 is 0 Å². The van der Waals surface area contributed by atoms with E-state index in [0.717, 1.165) is 24.6 Å². The van der Waals surface area contributed by atoms with Crippen molar-refractivity contribution >= 4 is 0 Å². The summed E-state index contributed by atoms with van der Waals surface area (Å²) < 4.78 is 11.3. The summed E-state index contributed by atoms with van der Waals surface area (Å²) in [5.41, 5.74) is 1.20. The Morgan fingerprint density at radius 3 is 2.32 bits per heavy atom. The van der Waals surface area contributed by atoms with Crippen molar-refractivity contribution < 1.29 is 9.47 Å². The Labute approximate surface area is 136 Å². The largest absolute Gasteiger partial charge is 0.494 e. The molecule has 0 unspecified atom stereocenters. The van der Waals surface area contributed by atoms with Gasteiger partial charge in [0, 0.05) is 18.2 Å². The van der Waals surface area contributed by atoms with Gasteiger partial charge in [-0.3, -0.25) is 0 Å². The fourth-order valence-electron chi connectivity index (χ4n) is 2.48. The number of rotatable bonds is 13. The van der Waals surface area contributed by atoms with Crippen molar-refractivity contribution in [2.24, 2.45) is 0 Å². The van der Waals surface area contributed by atoms with Gasteiger partial charge < -0.3 is 14.8 Å². The third kappa shape index (κ3) is 7.69. The van der Waals surface area contributed by atoms with Crippen LogP contribution in [0.5, 0.6) is 11.5 Å².